The van der Waals surface area contributed by atoms with Crippen LogP contribution in [-0.2, 0) is 19.0 Å². The van der Waals surface area contributed by atoms with E-state index >= 15 is 0 Å². The summed E-state index contributed by atoms with van der Waals surface area (Å²) in [7, 11) is 1.42. The van der Waals surface area contributed by atoms with Crippen LogP contribution in [0.15, 0.2) is 0 Å². The van der Waals surface area contributed by atoms with Crippen molar-refractivity contribution in [3.05, 3.63) is 0 Å². The summed E-state index contributed by atoms with van der Waals surface area (Å²) in [5, 5.41) is 0. The quantitative estimate of drug-likeness (QED) is 0.706. The van der Waals surface area contributed by atoms with Gasteiger partial charge in [-0.1, -0.05) is 0 Å². The highest BCUT2D eigenvalue weighted by Gasteiger charge is 2.36. The molecule has 2 fully saturated rings. The van der Waals surface area contributed by atoms with E-state index in [0.717, 1.165) is 32.5 Å². The molecule has 2 rings (SSSR count). The van der Waals surface area contributed by atoms with Crippen molar-refractivity contribution >= 4 is 12.1 Å². The number of amides is 1. The monoisotopic (exact) mass is 342 g/mol. The van der Waals surface area contributed by atoms with Crippen molar-refractivity contribution in [1.29, 1.82) is 0 Å². The van der Waals surface area contributed by atoms with Crippen molar-refractivity contribution in [2.45, 2.75) is 45.3 Å². The summed E-state index contributed by atoms with van der Waals surface area (Å²) in [6, 6.07) is 0. The first kappa shape index (κ1) is 19.0. The maximum atomic E-state index is 12.0. The predicted molar refractivity (Wildman–Crippen MR) is 88.7 cm³/mol. The summed E-state index contributed by atoms with van der Waals surface area (Å²) >= 11 is 0. The SMILES string of the molecule is COC(=O)[C@H]1C[C@@H](OCCN2CCN(C(=O)OC(C)(C)C)CC2)C1. The zero-order chi connectivity index (χ0) is 17.7. The Morgan fingerprint density at radius 1 is 1.08 bits per heavy atom. The minimum Gasteiger partial charge on any atom is -0.469 e. The first-order valence-electron chi connectivity index (χ1n) is 8.68. The van der Waals surface area contributed by atoms with Crippen LogP contribution in [0.4, 0.5) is 4.79 Å². The maximum Gasteiger partial charge on any atom is 0.410 e. The number of hydrogen-bond acceptors (Lipinski definition) is 6. The van der Waals surface area contributed by atoms with Gasteiger partial charge in [-0.3, -0.25) is 9.69 Å². The first-order chi connectivity index (χ1) is 11.3. The zero-order valence-corrected chi connectivity index (χ0v) is 15.2. The van der Waals surface area contributed by atoms with E-state index in [1.54, 1.807) is 4.90 Å². The highest BCUT2D eigenvalue weighted by atomic mass is 16.6. The molecule has 1 aliphatic carbocycles. The average molecular weight is 342 g/mol. The number of carbonyl (C=O) groups excluding carboxylic acids is 2. The van der Waals surface area contributed by atoms with Gasteiger partial charge < -0.3 is 19.1 Å². The Bertz CT molecular complexity index is 435. The van der Waals surface area contributed by atoms with Crippen LogP contribution in [-0.4, -0.2) is 80.0 Å². The number of nitrogens with zero attached hydrogens (tertiary/aromatic N) is 2. The van der Waals surface area contributed by atoms with Crippen molar-refractivity contribution in [1.82, 2.24) is 9.80 Å². The highest BCUT2D eigenvalue weighted by molar-refractivity contribution is 5.73. The van der Waals surface area contributed by atoms with Gasteiger partial charge in [0.25, 0.3) is 0 Å². The lowest BCUT2D eigenvalue weighted by Gasteiger charge is -2.36. The molecule has 0 aromatic carbocycles. The molecule has 1 amide bonds. The van der Waals surface area contributed by atoms with Crippen LogP contribution in [0.1, 0.15) is 33.6 Å². The standard InChI is InChI=1S/C17H30N2O5/c1-17(2,3)24-16(21)19-7-5-18(6-8-19)9-10-23-14-11-13(12-14)15(20)22-4/h13-14H,5-12H2,1-4H3/t13-,14+. The second kappa shape index (κ2) is 8.16. The first-order valence-corrected chi connectivity index (χ1v) is 8.68. The van der Waals surface area contributed by atoms with E-state index in [-0.39, 0.29) is 24.1 Å². The Morgan fingerprint density at radius 3 is 2.25 bits per heavy atom. The van der Waals surface area contributed by atoms with Gasteiger partial charge in [0.1, 0.15) is 5.60 Å². The van der Waals surface area contributed by atoms with Gasteiger partial charge in [0.05, 0.1) is 25.7 Å². The molecule has 7 heteroatoms. The van der Waals surface area contributed by atoms with Crippen molar-refractivity contribution in [2.75, 3.05) is 46.4 Å². The summed E-state index contributed by atoms with van der Waals surface area (Å²) in [6.45, 7) is 10.2. The molecule has 138 valence electrons. The Morgan fingerprint density at radius 2 is 1.71 bits per heavy atom. The van der Waals surface area contributed by atoms with Gasteiger partial charge in [0, 0.05) is 32.7 Å². The molecule has 0 unspecified atom stereocenters. The summed E-state index contributed by atoms with van der Waals surface area (Å²) in [5.74, 6) is -0.120. The van der Waals surface area contributed by atoms with E-state index in [2.05, 4.69) is 4.90 Å². The van der Waals surface area contributed by atoms with Gasteiger partial charge in [-0.15, -0.1) is 0 Å². The topological polar surface area (TPSA) is 68.3 Å². The number of rotatable bonds is 5. The number of piperazine rings is 1. The van der Waals surface area contributed by atoms with Gasteiger partial charge in [0.15, 0.2) is 0 Å². The molecular weight excluding hydrogens is 312 g/mol. The van der Waals surface area contributed by atoms with Gasteiger partial charge in [-0.2, -0.15) is 0 Å². The smallest absolute Gasteiger partial charge is 0.410 e. The average Bonchev–Trinajstić information content (AvgIpc) is 2.47. The summed E-state index contributed by atoms with van der Waals surface area (Å²) in [6.07, 6.45) is 1.47. The van der Waals surface area contributed by atoms with Crippen molar-refractivity contribution < 1.29 is 23.8 Å². The Kier molecular flexibility index (Phi) is 6.46. The van der Waals surface area contributed by atoms with E-state index in [1.807, 2.05) is 20.8 Å². The molecule has 24 heavy (non-hydrogen) atoms. The van der Waals surface area contributed by atoms with Crippen LogP contribution < -0.4 is 0 Å². The number of methoxy groups -OCH3 is 1. The molecule has 1 saturated carbocycles. The van der Waals surface area contributed by atoms with E-state index in [0.29, 0.717) is 19.7 Å². The molecule has 0 spiro atoms. The molecule has 0 N–H and O–H groups in total. The van der Waals surface area contributed by atoms with E-state index in [4.69, 9.17) is 14.2 Å². The third-order valence-electron chi connectivity index (χ3n) is 4.41. The second-order valence-corrected chi connectivity index (χ2v) is 7.49. The molecule has 1 aliphatic heterocycles. The largest absolute Gasteiger partial charge is 0.469 e. The Hall–Kier alpha value is -1.34. The Balaban J connectivity index is 1.56. The lowest BCUT2D eigenvalue weighted by atomic mass is 9.82. The summed E-state index contributed by atoms with van der Waals surface area (Å²) in [4.78, 5) is 27.4. The second-order valence-electron chi connectivity index (χ2n) is 7.49. The highest BCUT2D eigenvalue weighted by Crippen LogP contribution is 2.30. The molecule has 0 aromatic heterocycles. The van der Waals surface area contributed by atoms with Crippen LogP contribution in [0.25, 0.3) is 0 Å². The maximum absolute atomic E-state index is 12.0. The molecule has 0 atom stereocenters. The number of carbonyl (C=O) groups is 2. The van der Waals surface area contributed by atoms with E-state index in [9.17, 15) is 9.59 Å². The fraction of sp³-hybridized carbons (Fsp3) is 0.882. The Labute approximate surface area is 144 Å². The van der Waals surface area contributed by atoms with Crippen LogP contribution in [0.5, 0.6) is 0 Å². The van der Waals surface area contributed by atoms with Crippen LogP contribution >= 0.6 is 0 Å². The van der Waals surface area contributed by atoms with Crippen LogP contribution in [0, 0.1) is 5.92 Å². The summed E-state index contributed by atoms with van der Waals surface area (Å²) in [5.41, 5.74) is -0.451. The normalized spacial score (nSPS) is 25.1. The fourth-order valence-corrected chi connectivity index (χ4v) is 2.89. The molecule has 1 saturated heterocycles. The van der Waals surface area contributed by atoms with Crippen LogP contribution in [0.3, 0.4) is 0 Å². The predicted octanol–water partition coefficient (Wildman–Crippen LogP) is 1.51. The minimum absolute atomic E-state index is 0.0115. The van der Waals surface area contributed by atoms with Gasteiger partial charge in [-0.25, -0.2) is 4.79 Å². The summed E-state index contributed by atoms with van der Waals surface area (Å²) < 4.78 is 15.9. The number of esters is 1. The number of ether oxygens (including phenoxy) is 3. The molecule has 2 aliphatic rings. The van der Waals surface area contributed by atoms with Crippen molar-refractivity contribution in [3.63, 3.8) is 0 Å². The zero-order valence-electron chi connectivity index (χ0n) is 15.2. The lowest BCUT2D eigenvalue weighted by molar-refractivity contribution is -0.155. The lowest BCUT2D eigenvalue weighted by Crippen LogP contribution is -2.50. The molecule has 0 bridgehead atoms. The van der Waals surface area contributed by atoms with Gasteiger partial charge >= 0.3 is 12.1 Å². The fourth-order valence-electron chi connectivity index (χ4n) is 2.89. The third kappa shape index (κ3) is 5.63. The van der Waals surface area contributed by atoms with Crippen molar-refractivity contribution in [3.8, 4) is 0 Å². The van der Waals surface area contributed by atoms with Gasteiger partial charge in [0.2, 0.25) is 0 Å². The molecule has 0 aromatic rings. The minimum atomic E-state index is -0.451. The van der Waals surface area contributed by atoms with E-state index in [1.165, 1.54) is 7.11 Å². The number of hydrogen-bond donors (Lipinski definition) is 0. The third-order valence-corrected chi connectivity index (χ3v) is 4.41. The van der Waals surface area contributed by atoms with E-state index < -0.39 is 5.60 Å². The van der Waals surface area contributed by atoms with Gasteiger partial charge in [-0.05, 0) is 33.6 Å². The molecular formula is C17H30N2O5. The van der Waals surface area contributed by atoms with Crippen molar-refractivity contribution in [2.24, 2.45) is 5.92 Å². The molecule has 0 radical (unpaired) electrons. The molecule has 1 heterocycles. The molecule has 7 nitrogen and oxygen atoms in total. The van der Waals surface area contributed by atoms with Crippen LogP contribution in [0.2, 0.25) is 0 Å².